The Hall–Kier alpha value is -1.66. The van der Waals surface area contributed by atoms with Crippen LogP contribution in [0.2, 0.25) is 5.02 Å². The van der Waals surface area contributed by atoms with Crippen molar-refractivity contribution in [3.05, 3.63) is 35.1 Å². The summed E-state index contributed by atoms with van der Waals surface area (Å²) < 4.78 is 1.97. The topological polar surface area (TPSA) is 50.1 Å². The normalized spacial score (nSPS) is 17.7. The molecule has 2 heterocycles. The van der Waals surface area contributed by atoms with Gasteiger partial charge in [-0.1, -0.05) is 31.5 Å². The zero-order chi connectivity index (χ0) is 18.9. The van der Waals surface area contributed by atoms with E-state index >= 15 is 0 Å². The average Bonchev–Trinajstić information content (AvgIpc) is 3.05. The van der Waals surface area contributed by atoms with Gasteiger partial charge in [-0.05, 0) is 55.3 Å². The Morgan fingerprint density at radius 3 is 2.35 bits per heavy atom. The number of anilines is 1. The largest absolute Gasteiger partial charge is 0.369 e. The van der Waals surface area contributed by atoms with E-state index in [2.05, 4.69) is 66.0 Å². The highest BCUT2D eigenvalue weighted by molar-refractivity contribution is 6.30. The maximum atomic E-state index is 6.15. The predicted molar refractivity (Wildman–Crippen MR) is 106 cm³/mol. The fourth-order valence-corrected chi connectivity index (χ4v) is 3.85. The zero-order valence-corrected chi connectivity index (χ0v) is 17.1. The van der Waals surface area contributed by atoms with Crippen molar-refractivity contribution in [1.29, 1.82) is 0 Å². The van der Waals surface area contributed by atoms with E-state index in [1.165, 1.54) is 5.69 Å². The number of aromatic nitrogens is 4. The lowest BCUT2D eigenvalue weighted by atomic mass is 9.99. The van der Waals surface area contributed by atoms with Crippen LogP contribution in [-0.4, -0.2) is 51.3 Å². The lowest BCUT2D eigenvalue weighted by Crippen LogP contribution is -2.49. The number of halogens is 1. The summed E-state index contributed by atoms with van der Waals surface area (Å²) in [5, 5.41) is 13.4. The van der Waals surface area contributed by atoms with Crippen molar-refractivity contribution >= 4 is 17.3 Å². The van der Waals surface area contributed by atoms with E-state index < -0.39 is 0 Å². The molecule has 1 aliphatic heterocycles. The number of tetrazole rings is 1. The molecule has 0 radical (unpaired) electrons. The van der Waals surface area contributed by atoms with E-state index in [1.807, 2.05) is 22.9 Å². The van der Waals surface area contributed by atoms with Crippen molar-refractivity contribution in [3.8, 4) is 0 Å². The molecule has 1 atom stereocenters. The van der Waals surface area contributed by atoms with E-state index in [1.54, 1.807) is 0 Å². The summed E-state index contributed by atoms with van der Waals surface area (Å²) in [5.41, 5.74) is 1.06. The Labute approximate surface area is 161 Å². The van der Waals surface area contributed by atoms with Crippen LogP contribution in [0.15, 0.2) is 24.3 Å². The smallest absolute Gasteiger partial charge is 0.169 e. The summed E-state index contributed by atoms with van der Waals surface area (Å²) in [6.45, 7) is 14.8. The quantitative estimate of drug-likeness (QED) is 0.815. The van der Waals surface area contributed by atoms with Gasteiger partial charge in [0.2, 0.25) is 0 Å². The van der Waals surface area contributed by atoms with E-state index in [4.69, 9.17) is 11.6 Å². The molecule has 7 heteroatoms. The number of hydrogen-bond donors (Lipinski definition) is 0. The molecule has 0 saturated carbocycles. The second kappa shape index (κ2) is 7.53. The molecular formula is C19H29ClN6. The molecular weight excluding hydrogens is 348 g/mol. The second-order valence-corrected chi connectivity index (χ2v) is 8.75. The molecule has 1 saturated heterocycles. The SMILES string of the molecule is CC(C)[C@H](c1nnnn1C(C)(C)C)N1CCN(c2cccc(Cl)c2)CC1. The fourth-order valence-electron chi connectivity index (χ4n) is 3.67. The minimum absolute atomic E-state index is 0.130. The highest BCUT2D eigenvalue weighted by Gasteiger charge is 2.33. The van der Waals surface area contributed by atoms with E-state index in [0.29, 0.717) is 5.92 Å². The number of piperazine rings is 1. The van der Waals surface area contributed by atoms with Crippen LogP contribution in [0.4, 0.5) is 5.69 Å². The molecule has 3 rings (SSSR count). The van der Waals surface area contributed by atoms with Crippen LogP contribution in [0.1, 0.15) is 46.5 Å². The third-order valence-corrected chi connectivity index (χ3v) is 5.14. The monoisotopic (exact) mass is 376 g/mol. The minimum Gasteiger partial charge on any atom is -0.369 e. The van der Waals surface area contributed by atoms with Crippen molar-refractivity contribution in [2.75, 3.05) is 31.1 Å². The van der Waals surface area contributed by atoms with Gasteiger partial charge in [0.1, 0.15) is 0 Å². The van der Waals surface area contributed by atoms with Crippen LogP contribution in [0.3, 0.4) is 0 Å². The van der Waals surface area contributed by atoms with Gasteiger partial charge in [-0.2, -0.15) is 0 Å². The molecule has 0 unspecified atom stereocenters. The van der Waals surface area contributed by atoms with Crippen LogP contribution < -0.4 is 4.90 Å². The first-order chi connectivity index (χ1) is 12.3. The molecule has 1 aromatic heterocycles. The van der Waals surface area contributed by atoms with Gasteiger partial charge < -0.3 is 4.90 Å². The molecule has 0 N–H and O–H groups in total. The number of benzene rings is 1. The highest BCUT2D eigenvalue weighted by atomic mass is 35.5. The molecule has 1 aliphatic rings. The molecule has 0 spiro atoms. The third kappa shape index (κ3) is 4.01. The van der Waals surface area contributed by atoms with Gasteiger partial charge in [-0.25, -0.2) is 4.68 Å². The Morgan fingerprint density at radius 2 is 1.77 bits per heavy atom. The van der Waals surface area contributed by atoms with Crippen molar-refractivity contribution in [3.63, 3.8) is 0 Å². The summed E-state index contributed by atoms with van der Waals surface area (Å²) in [7, 11) is 0. The van der Waals surface area contributed by atoms with Gasteiger partial charge in [0.15, 0.2) is 5.82 Å². The Morgan fingerprint density at radius 1 is 1.08 bits per heavy atom. The van der Waals surface area contributed by atoms with Crippen molar-refractivity contribution in [2.24, 2.45) is 5.92 Å². The molecule has 1 aromatic carbocycles. The first-order valence-corrected chi connectivity index (χ1v) is 9.68. The molecule has 6 nitrogen and oxygen atoms in total. The van der Waals surface area contributed by atoms with E-state index in [9.17, 15) is 0 Å². The molecule has 0 amide bonds. The Balaban J connectivity index is 1.77. The Kier molecular flexibility index (Phi) is 5.53. The zero-order valence-electron chi connectivity index (χ0n) is 16.4. The minimum atomic E-state index is -0.130. The maximum absolute atomic E-state index is 6.15. The summed E-state index contributed by atoms with van der Waals surface area (Å²) in [6, 6.07) is 8.31. The molecule has 0 aliphatic carbocycles. The second-order valence-electron chi connectivity index (χ2n) is 8.31. The molecule has 0 bridgehead atoms. The first-order valence-electron chi connectivity index (χ1n) is 9.30. The van der Waals surface area contributed by atoms with Gasteiger partial charge in [0.25, 0.3) is 0 Å². The standard InChI is InChI=1S/C19H29ClN6/c1-14(2)17(18-21-22-23-26(18)19(3,4)5)25-11-9-24(10-12-25)16-8-6-7-15(20)13-16/h6-8,13-14,17H,9-12H2,1-5H3/t17-/m1/s1. The first kappa shape index (κ1) is 19.1. The summed E-state index contributed by atoms with van der Waals surface area (Å²) >= 11 is 6.15. The van der Waals surface area contributed by atoms with Crippen molar-refractivity contribution in [2.45, 2.75) is 46.2 Å². The summed E-state index contributed by atoms with van der Waals surface area (Å²) in [4.78, 5) is 4.91. The van der Waals surface area contributed by atoms with Gasteiger partial charge in [-0.15, -0.1) is 5.10 Å². The lowest BCUT2D eigenvalue weighted by molar-refractivity contribution is 0.128. The van der Waals surface area contributed by atoms with E-state index in [-0.39, 0.29) is 11.6 Å². The van der Waals surface area contributed by atoms with Crippen molar-refractivity contribution < 1.29 is 0 Å². The van der Waals surface area contributed by atoms with Crippen LogP contribution in [-0.2, 0) is 5.54 Å². The number of nitrogens with zero attached hydrogens (tertiary/aromatic N) is 6. The fraction of sp³-hybridized carbons (Fsp3) is 0.632. The molecule has 1 fully saturated rings. The van der Waals surface area contributed by atoms with Crippen molar-refractivity contribution in [1.82, 2.24) is 25.1 Å². The third-order valence-electron chi connectivity index (χ3n) is 4.91. The van der Waals surface area contributed by atoms with Gasteiger partial charge in [-0.3, -0.25) is 4.90 Å². The summed E-state index contributed by atoms with van der Waals surface area (Å²) in [5.74, 6) is 1.39. The Bertz CT molecular complexity index is 728. The summed E-state index contributed by atoms with van der Waals surface area (Å²) in [6.07, 6.45) is 0. The predicted octanol–water partition coefficient (Wildman–Crippen LogP) is 3.60. The molecule has 26 heavy (non-hydrogen) atoms. The van der Waals surface area contributed by atoms with Crippen LogP contribution in [0.5, 0.6) is 0 Å². The highest BCUT2D eigenvalue weighted by Crippen LogP contribution is 2.31. The molecule has 142 valence electrons. The van der Waals surface area contributed by atoms with Crippen LogP contribution in [0.25, 0.3) is 0 Å². The molecule has 2 aromatic rings. The van der Waals surface area contributed by atoms with Gasteiger partial charge in [0.05, 0.1) is 11.6 Å². The van der Waals surface area contributed by atoms with Gasteiger partial charge >= 0.3 is 0 Å². The number of hydrogen-bond acceptors (Lipinski definition) is 5. The number of rotatable bonds is 4. The van der Waals surface area contributed by atoms with Crippen LogP contribution >= 0.6 is 11.6 Å². The van der Waals surface area contributed by atoms with E-state index in [0.717, 1.165) is 37.0 Å². The lowest BCUT2D eigenvalue weighted by Gasteiger charge is -2.41. The van der Waals surface area contributed by atoms with Crippen LogP contribution in [0, 0.1) is 5.92 Å². The average molecular weight is 377 g/mol. The maximum Gasteiger partial charge on any atom is 0.169 e. The van der Waals surface area contributed by atoms with Gasteiger partial charge in [0, 0.05) is 36.9 Å².